The molecule has 1 aromatic rings. The van der Waals surface area contributed by atoms with Gasteiger partial charge in [0, 0.05) is 5.56 Å². The number of hydrogen-bond acceptors (Lipinski definition) is 1. The summed E-state index contributed by atoms with van der Waals surface area (Å²) in [6.45, 7) is 14.0. The van der Waals surface area contributed by atoms with Gasteiger partial charge in [-0.15, -0.1) is 0 Å². The molecule has 0 saturated heterocycles. The van der Waals surface area contributed by atoms with Crippen LogP contribution in [0.3, 0.4) is 0 Å². The molecule has 0 saturated carbocycles. The Balaban J connectivity index is 1.86. The lowest BCUT2D eigenvalue weighted by Gasteiger charge is -2.41. The Morgan fingerprint density at radius 3 is 2.69 bits per heavy atom. The first-order valence-electron chi connectivity index (χ1n) is 10.9. The van der Waals surface area contributed by atoms with Crippen LogP contribution in [0.4, 0.5) is 0 Å². The van der Waals surface area contributed by atoms with Crippen LogP contribution in [0.2, 0.25) is 0 Å². The van der Waals surface area contributed by atoms with E-state index in [1.807, 2.05) is 0 Å². The molecule has 1 aliphatic carbocycles. The molecular formula is C25H38O. The van der Waals surface area contributed by atoms with Crippen LogP contribution in [0, 0.1) is 11.8 Å². The van der Waals surface area contributed by atoms with Crippen LogP contribution in [-0.2, 0) is 0 Å². The maximum atomic E-state index is 6.54. The third-order valence-corrected chi connectivity index (χ3v) is 6.87. The minimum Gasteiger partial charge on any atom is -0.483 e. The highest BCUT2D eigenvalue weighted by atomic mass is 16.5. The molecule has 0 aromatic heterocycles. The van der Waals surface area contributed by atoms with Crippen molar-refractivity contribution < 1.29 is 4.74 Å². The van der Waals surface area contributed by atoms with E-state index in [9.17, 15) is 0 Å². The van der Waals surface area contributed by atoms with Gasteiger partial charge in [0.05, 0.1) is 0 Å². The standard InChI is InChI=1S/C25H38O/c1-7-8-9-10-18(3)19(4)20-12-13-21-22-15-17(2)11-14-23(22)25(5,6)26-24(21)16-20/h12-13,16-19H,7-11,14-15H2,1-6H3. The normalized spacial score (nSPS) is 23.7. The molecule has 0 spiro atoms. The van der Waals surface area contributed by atoms with Gasteiger partial charge in [-0.2, -0.15) is 0 Å². The van der Waals surface area contributed by atoms with Gasteiger partial charge in [0.1, 0.15) is 11.4 Å². The van der Waals surface area contributed by atoms with Gasteiger partial charge in [0.15, 0.2) is 0 Å². The molecule has 0 radical (unpaired) electrons. The summed E-state index contributed by atoms with van der Waals surface area (Å²) in [6, 6.07) is 7.06. The maximum absolute atomic E-state index is 6.54. The molecule has 144 valence electrons. The smallest absolute Gasteiger partial charge is 0.128 e. The lowest BCUT2D eigenvalue weighted by molar-refractivity contribution is 0.135. The molecule has 1 heterocycles. The zero-order valence-corrected chi connectivity index (χ0v) is 17.8. The number of hydrogen-bond donors (Lipinski definition) is 0. The van der Waals surface area contributed by atoms with Crippen molar-refractivity contribution in [2.45, 2.75) is 98.0 Å². The molecule has 0 N–H and O–H groups in total. The summed E-state index contributed by atoms with van der Waals surface area (Å²) in [5.74, 6) is 3.21. The Bertz CT molecular complexity index is 667. The lowest BCUT2D eigenvalue weighted by atomic mass is 9.74. The van der Waals surface area contributed by atoms with Crippen LogP contribution < -0.4 is 4.74 Å². The molecule has 26 heavy (non-hydrogen) atoms. The van der Waals surface area contributed by atoms with Gasteiger partial charge >= 0.3 is 0 Å². The molecule has 1 aromatic carbocycles. The van der Waals surface area contributed by atoms with Gasteiger partial charge in [-0.1, -0.05) is 65.5 Å². The Kier molecular flexibility index (Phi) is 5.85. The first-order valence-corrected chi connectivity index (χ1v) is 10.9. The van der Waals surface area contributed by atoms with E-state index in [0.717, 1.165) is 17.6 Å². The average Bonchev–Trinajstić information content (AvgIpc) is 2.60. The van der Waals surface area contributed by atoms with Gasteiger partial charge in [-0.3, -0.25) is 0 Å². The highest BCUT2D eigenvalue weighted by Gasteiger charge is 2.37. The van der Waals surface area contributed by atoms with Crippen molar-refractivity contribution in [1.82, 2.24) is 0 Å². The molecule has 0 fully saturated rings. The number of allylic oxidation sites excluding steroid dienone is 1. The van der Waals surface area contributed by atoms with E-state index in [-0.39, 0.29) is 5.60 Å². The van der Waals surface area contributed by atoms with E-state index >= 15 is 0 Å². The Morgan fingerprint density at radius 2 is 1.96 bits per heavy atom. The SMILES string of the molecule is CCCCCC(C)C(C)c1ccc2c(c1)OC(C)(C)C1=C2CC(C)CC1. The van der Waals surface area contributed by atoms with Gasteiger partial charge in [0.25, 0.3) is 0 Å². The van der Waals surface area contributed by atoms with Crippen molar-refractivity contribution in [3.8, 4) is 5.75 Å². The quantitative estimate of drug-likeness (QED) is 0.474. The highest BCUT2D eigenvalue weighted by Crippen LogP contribution is 2.49. The fraction of sp³-hybridized carbons (Fsp3) is 0.680. The van der Waals surface area contributed by atoms with Crippen LogP contribution >= 0.6 is 0 Å². The number of rotatable bonds is 6. The average molecular weight is 355 g/mol. The third kappa shape index (κ3) is 3.87. The third-order valence-electron chi connectivity index (χ3n) is 6.87. The molecule has 3 unspecified atom stereocenters. The molecule has 0 amide bonds. The summed E-state index contributed by atoms with van der Waals surface area (Å²) in [7, 11) is 0. The zero-order valence-electron chi connectivity index (χ0n) is 17.8. The van der Waals surface area contributed by atoms with E-state index in [4.69, 9.17) is 4.74 Å². The Labute approximate surface area is 161 Å². The molecule has 0 bridgehead atoms. The van der Waals surface area contributed by atoms with Crippen molar-refractivity contribution in [3.05, 3.63) is 34.9 Å². The number of unbranched alkanes of at least 4 members (excludes halogenated alkanes) is 2. The van der Waals surface area contributed by atoms with E-state index in [0.29, 0.717) is 5.92 Å². The highest BCUT2D eigenvalue weighted by molar-refractivity contribution is 5.77. The molecule has 3 atom stereocenters. The van der Waals surface area contributed by atoms with Gasteiger partial charge in [-0.25, -0.2) is 0 Å². The number of fused-ring (bicyclic) bond motifs is 2. The number of benzene rings is 1. The van der Waals surface area contributed by atoms with Crippen LogP contribution in [0.1, 0.15) is 104 Å². The second-order valence-electron chi connectivity index (χ2n) is 9.43. The summed E-state index contributed by atoms with van der Waals surface area (Å²) in [5.41, 5.74) is 5.76. The zero-order chi connectivity index (χ0) is 18.9. The maximum Gasteiger partial charge on any atom is 0.128 e. The van der Waals surface area contributed by atoms with Crippen LogP contribution in [-0.4, -0.2) is 5.60 Å². The largest absolute Gasteiger partial charge is 0.483 e. The van der Waals surface area contributed by atoms with E-state index in [1.165, 1.54) is 61.6 Å². The van der Waals surface area contributed by atoms with Crippen molar-refractivity contribution >= 4 is 5.57 Å². The molecule has 1 nitrogen and oxygen atoms in total. The minimum absolute atomic E-state index is 0.156. The van der Waals surface area contributed by atoms with E-state index in [1.54, 1.807) is 5.57 Å². The van der Waals surface area contributed by atoms with Gasteiger partial charge in [0.2, 0.25) is 0 Å². The second-order valence-corrected chi connectivity index (χ2v) is 9.43. The van der Waals surface area contributed by atoms with Crippen molar-refractivity contribution in [2.75, 3.05) is 0 Å². The van der Waals surface area contributed by atoms with E-state index in [2.05, 4.69) is 59.7 Å². The topological polar surface area (TPSA) is 9.23 Å². The van der Waals surface area contributed by atoms with Crippen LogP contribution in [0.25, 0.3) is 5.57 Å². The molecule has 1 heteroatoms. The van der Waals surface area contributed by atoms with Crippen LogP contribution in [0.5, 0.6) is 5.75 Å². The second kappa shape index (κ2) is 7.79. The number of ether oxygens (including phenoxy) is 1. The Hall–Kier alpha value is -1.24. The summed E-state index contributed by atoms with van der Waals surface area (Å²) in [6.07, 6.45) is 9.03. The molecule has 2 aliphatic rings. The predicted octanol–water partition coefficient (Wildman–Crippen LogP) is 7.75. The first kappa shape index (κ1) is 19.5. The first-order chi connectivity index (χ1) is 12.3. The summed E-state index contributed by atoms with van der Waals surface area (Å²) < 4.78 is 6.54. The predicted molar refractivity (Wildman–Crippen MR) is 113 cm³/mol. The summed E-state index contributed by atoms with van der Waals surface area (Å²) in [5, 5.41) is 0. The molecule has 3 rings (SSSR count). The monoisotopic (exact) mass is 354 g/mol. The van der Waals surface area contributed by atoms with Crippen molar-refractivity contribution in [2.24, 2.45) is 11.8 Å². The summed E-state index contributed by atoms with van der Waals surface area (Å²) >= 11 is 0. The van der Waals surface area contributed by atoms with Crippen molar-refractivity contribution in [3.63, 3.8) is 0 Å². The molecular weight excluding hydrogens is 316 g/mol. The van der Waals surface area contributed by atoms with Crippen LogP contribution in [0.15, 0.2) is 23.8 Å². The fourth-order valence-electron chi connectivity index (χ4n) is 4.84. The lowest BCUT2D eigenvalue weighted by Crippen LogP contribution is -2.36. The fourth-order valence-corrected chi connectivity index (χ4v) is 4.84. The van der Waals surface area contributed by atoms with Gasteiger partial charge in [-0.05, 0) is 73.6 Å². The minimum atomic E-state index is -0.156. The Morgan fingerprint density at radius 1 is 1.19 bits per heavy atom. The summed E-state index contributed by atoms with van der Waals surface area (Å²) in [4.78, 5) is 0. The van der Waals surface area contributed by atoms with E-state index < -0.39 is 0 Å². The van der Waals surface area contributed by atoms with Crippen molar-refractivity contribution in [1.29, 1.82) is 0 Å². The van der Waals surface area contributed by atoms with Gasteiger partial charge < -0.3 is 4.74 Å². The molecule has 1 aliphatic heterocycles.